The molecular weight excluding hydrogens is 239 g/mol. The van der Waals surface area contributed by atoms with E-state index in [9.17, 15) is 13.2 Å². The van der Waals surface area contributed by atoms with Gasteiger partial charge in [-0.1, -0.05) is 37.3 Å². The fourth-order valence-corrected chi connectivity index (χ4v) is 1.96. The molecule has 0 heterocycles. The first-order valence-corrected chi connectivity index (χ1v) is 6.35. The monoisotopic (exact) mass is 259 g/mol. The Morgan fingerprint density at radius 1 is 1.11 bits per heavy atom. The molecule has 18 heavy (non-hydrogen) atoms. The van der Waals surface area contributed by atoms with Crippen LogP contribution >= 0.6 is 0 Å². The van der Waals surface area contributed by atoms with E-state index in [1.807, 2.05) is 37.3 Å². The number of alkyl halides is 3. The van der Waals surface area contributed by atoms with Gasteiger partial charge in [-0.2, -0.15) is 13.2 Å². The van der Waals surface area contributed by atoms with Crippen LogP contribution in [0.25, 0.3) is 0 Å². The van der Waals surface area contributed by atoms with E-state index in [0.29, 0.717) is 6.54 Å². The second-order valence-corrected chi connectivity index (χ2v) is 4.43. The Morgan fingerprint density at radius 2 is 1.78 bits per heavy atom. The van der Waals surface area contributed by atoms with Crippen molar-refractivity contribution in [3.63, 3.8) is 0 Å². The minimum absolute atomic E-state index is 0.0585. The number of nitrogens with one attached hydrogen (secondary N) is 1. The van der Waals surface area contributed by atoms with E-state index in [1.165, 1.54) is 5.56 Å². The highest BCUT2D eigenvalue weighted by Gasteiger charge is 2.27. The van der Waals surface area contributed by atoms with Gasteiger partial charge in [-0.3, -0.25) is 0 Å². The van der Waals surface area contributed by atoms with Crippen molar-refractivity contribution in [1.29, 1.82) is 0 Å². The summed E-state index contributed by atoms with van der Waals surface area (Å²) in [5, 5.41) is 3.13. The smallest absolute Gasteiger partial charge is 0.314 e. The molecule has 0 amide bonds. The molecule has 1 aromatic rings. The number of hydrogen-bond acceptors (Lipinski definition) is 1. The predicted octanol–water partition coefficient (Wildman–Crippen LogP) is 3.94. The van der Waals surface area contributed by atoms with Gasteiger partial charge in [0.05, 0.1) is 0 Å². The molecule has 1 atom stereocenters. The molecule has 0 saturated heterocycles. The fraction of sp³-hybridized carbons (Fsp3) is 0.571. The number of halogens is 3. The normalized spacial score (nSPS) is 13.6. The highest BCUT2D eigenvalue weighted by molar-refractivity contribution is 5.14. The van der Waals surface area contributed by atoms with Crippen molar-refractivity contribution in [2.24, 2.45) is 0 Å². The first kappa shape index (κ1) is 15.0. The van der Waals surface area contributed by atoms with E-state index in [2.05, 4.69) is 5.32 Å². The molecular formula is C14H20F3N. The zero-order valence-corrected chi connectivity index (χ0v) is 10.6. The third-order valence-electron chi connectivity index (χ3n) is 2.89. The van der Waals surface area contributed by atoms with E-state index in [0.717, 1.165) is 12.8 Å². The maximum Gasteiger partial charge on any atom is 0.389 e. The molecule has 1 unspecified atom stereocenters. The van der Waals surface area contributed by atoms with Crippen LogP contribution in [-0.2, 0) is 6.42 Å². The SMILES string of the molecule is CCNC(CCc1ccccc1)CCC(F)(F)F. The van der Waals surface area contributed by atoms with Gasteiger partial charge in [-0.25, -0.2) is 0 Å². The maximum absolute atomic E-state index is 12.2. The number of hydrogen-bond donors (Lipinski definition) is 1. The Bertz CT molecular complexity index is 322. The van der Waals surface area contributed by atoms with Crippen molar-refractivity contribution < 1.29 is 13.2 Å². The lowest BCUT2D eigenvalue weighted by atomic mass is 10.0. The topological polar surface area (TPSA) is 12.0 Å². The van der Waals surface area contributed by atoms with Gasteiger partial charge in [0.2, 0.25) is 0 Å². The summed E-state index contributed by atoms with van der Waals surface area (Å²) in [7, 11) is 0. The van der Waals surface area contributed by atoms with Gasteiger partial charge in [0, 0.05) is 12.5 Å². The Hall–Kier alpha value is -1.03. The lowest BCUT2D eigenvalue weighted by Gasteiger charge is -2.18. The van der Waals surface area contributed by atoms with E-state index >= 15 is 0 Å². The van der Waals surface area contributed by atoms with Gasteiger partial charge in [-0.15, -0.1) is 0 Å². The van der Waals surface area contributed by atoms with Crippen LogP contribution in [0.3, 0.4) is 0 Å². The predicted molar refractivity (Wildman–Crippen MR) is 67.5 cm³/mol. The Labute approximate surface area is 106 Å². The van der Waals surface area contributed by atoms with Gasteiger partial charge in [0.25, 0.3) is 0 Å². The average molecular weight is 259 g/mol. The van der Waals surface area contributed by atoms with Crippen molar-refractivity contribution in [1.82, 2.24) is 5.32 Å². The van der Waals surface area contributed by atoms with Crippen LogP contribution in [0.15, 0.2) is 30.3 Å². The molecule has 0 spiro atoms. The summed E-state index contributed by atoms with van der Waals surface area (Å²) < 4.78 is 36.6. The zero-order chi connectivity index (χ0) is 13.4. The van der Waals surface area contributed by atoms with Gasteiger partial charge in [0.15, 0.2) is 0 Å². The molecule has 4 heteroatoms. The van der Waals surface area contributed by atoms with Crippen LogP contribution in [0.1, 0.15) is 31.7 Å². The number of rotatable bonds is 7. The second kappa shape index (κ2) is 7.41. The Kier molecular flexibility index (Phi) is 6.19. The van der Waals surface area contributed by atoms with Gasteiger partial charge < -0.3 is 5.32 Å². The quantitative estimate of drug-likeness (QED) is 0.782. The zero-order valence-electron chi connectivity index (χ0n) is 10.6. The number of aryl methyl sites for hydroxylation is 1. The molecule has 0 saturated carbocycles. The largest absolute Gasteiger partial charge is 0.389 e. The molecule has 0 bridgehead atoms. The summed E-state index contributed by atoms with van der Waals surface area (Å²) in [6, 6.07) is 9.80. The van der Waals surface area contributed by atoms with E-state index in [-0.39, 0.29) is 12.5 Å². The molecule has 0 radical (unpaired) electrons. The van der Waals surface area contributed by atoms with Crippen LogP contribution in [0, 0.1) is 0 Å². The van der Waals surface area contributed by atoms with Gasteiger partial charge in [0.1, 0.15) is 0 Å². The van der Waals surface area contributed by atoms with Crippen molar-refractivity contribution in [3.05, 3.63) is 35.9 Å². The van der Waals surface area contributed by atoms with Gasteiger partial charge in [-0.05, 0) is 31.4 Å². The summed E-state index contributed by atoms with van der Waals surface area (Å²) in [5.41, 5.74) is 1.17. The summed E-state index contributed by atoms with van der Waals surface area (Å²) in [4.78, 5) is 0. The van der Waals surface area contributed by atoms with E-state index in [4.69, 9.17) is 0 Å². The Balaban J connectivity index is 2.38. The number of benzene rings is 1. The highest BCUT2D eigenvalue weighted by Crippen LogP contribution is 2.23. The van der Waals surface area contributed by atoms with Crippen LogP contribution in [-0.4, -0.2) is 18.8 Å². The highest BCUT2D eigenvalue weighted by atomic mass is 19.4. The third-order valence-corrected chi connectivity index (χ3v) is 2.89. The van der Waals surface area contributed by atoms with Gasteiger partial charge >= 0.3 is 6.18 Å². The van der Waals surface area contributed by atoms with Crippen LogP contribution in [0.5, 0.6) is 0 Å². The molecule has 0 aromatic heterocycles. The fourth-order valence-electron chi connectivity index (χ4n) is 1.96. The average Bonchev–Trinajstić information content (AvgIpc) is 2.33. The molecule has 1 nitrogen and oxygen atoms in total. The lowest BCUT2D eigenvalue weighted by molar-refractivity contribution is -0.136. The minimum atomic E-state index is -4.06. The molecule has 0 fully saturated rings. The molecule has 0 aliphatic rings. The molecule has 1 rings (SSSR count). The maximum atomic E-state index is 12.2. The molecule has 0 aliphatic carbocycles. The summed E-state index contributed by atoms with van der Waals surface area (Å²) in [5.74, 6) is 0. The Morgan fingerprint density at radius 3 is 2.33 bits per heavy atom. The second-order valence-electron chi connectivity index (χ2n) is 4.43. The van der Waals surface area contributed by atoms with Crippen molar-refractivity contribution in [2.45, 2.75) is 44.8 Å². The third kappa shape index (κ3) is 6.64. The lowest BCUT2D eigenvalue weighted by Crippen LogP contribution is -2.30. The van der Waals surface area contributed by atoms with Crippen LogP contribution in [0.4, 0.5) is 13.2 Å². The minimum Gasteiger partial charge on any atom is -0.314 e. The first-order valence-electron chi connectivity index (χ1n) is 6.35. The summed E-state index contributed by atoms with van der Waals surface area (Å²) in [6.07, 6.45) is -3.05. The molecule has 0 aliphatic heterocycles. The van der Waals surface area contributed by atoms with Crippen LogP contribution in [0.2, 0.25) is 0 Å². The van der Waals surface area contributed by atoms with Crippen molar-refractivity contribution in [3.8, 4) is 0 Å². The molecule has 1 N–H and O–H groups in total. The van der Waals surface area contributed by atoms with Crippen molar-refractivity contribution in [2.75, 3.05) is 6.54 Å². The molecule has 102 valence electrons. The molecule has 1 aromatic carbocycles. The first-order chi connectivity index (χ1) is 8.51. The van der Waals surface area contributed by atoms with E-state index in [1.54, 1.807) is 0 Å². The summed E-state index contributed by atoms with van der Waals surface area (Å²) in [6.45, 7) is 2.63. The van der Waals surface area contributed by atoms with Crippen molar-refractivity contribution >= 4 is 0 Å². The summed E-state index contributed by atoms with van der Waals surface area (Å²) >= 11 is 0. The standard InChI is InChI=1S/C14H20F3N/c1-2-18-13(10-11-14(15,16)17)9-8-12-6-4-3-5-7-12/h3-7,13,18H,2,8-11H2,1H3. The van der Waals surface area contributed by atoms with Crippen LogP contribution < -0.4 is 5.32 Å². The van der Waals surface area contributed by atoms with E-state index < -0.39 is 12.6 Å².